The van der Waals surface area contributed by atoms with E-state index < -0.39 is 28.9 Å². The van der Waals surface area contributed by atoms with E-state index >= 15 is 0 Å². The molecule has 1 fully saturated rings. The second kappa shape index (κ2) is 7.05. The van der Waals surface area contributed by atoms with Gasteiger partial charge in [-0.1, -0.05) is 0 Å². The van der Waals surface area contributed by atoms with Crippen LogP contribution in [0.5, 0.6) is 0 Å². The van der Waals surface area contributed by atoms with Gasteiger partial charge in [-0.15, -0.1) is 0 Å². The Balaban J connectivity index is 2.75. The summed E-state index contributed by atoms with van der Waals surface area (Å²) in [6, 6.07) is 0. The molecule has 1 unspecified atom stereocenters. The topological polar surface area (TPSA) is 91.1 Å². The summed E-state index contributed by atoms with van der Waals surface area (Å²) in [6.45, 7) is 11.6. The van der Waals surface area contributed by atoms with E-state index in [4.69, 9.17) is 20.2 Å². The van der Waals surface area contributed by atoms with Crippen molar-refractivity contribution in [2.75, 3.05) is 13.1 Å². The van der Waals surface area contributed by atoms with E-state index in [2.05, 4.69) is 0 Å². The Morgan fingerprint density at radius 2 is 1.65 bits per heavy atom. The zero-order chi connectivity index (χ0) is 17.9. The molecule has 0 saturated carbocycles. The van der Waals surface area contributed by atoms with Gasteiger partial charge in [-0.25, -0.2) is 10.7 Å². The predicted octanol–water partition coefficient (Wildman–Crippen LogP) is 2.38. The highest BCUT2D eigenvalue weighted by molar-refractivity contribution is 5.72. The van der Waals surface area contributed by atoms with Crippen LogP contribution >= 0.6 is 0 Å². The second-order valence-electron chi connectivity index (χ2n) is 8.07. The first kappa shape index (κ1) is 19.7. The highest BCUT2D eigenvalue weighted by atomic mass is 16.6. The summed E-state index contributed by atoms with van der Waals surface area (Å²) < 4.78 is 10.7. The van der Waals surface area contributed by atoms with E-state index in [1.165, 1.54) is 4.90 Å². The molecule has 0 radical (unpaired) electrons. The third-order valence-electron chi connectivity index (χ3n) is 3.33. The summed E-state index contributed by atoms with van der Waals surface area (Å²) in [6.07, 6.45) is 0.837. The third kappa shape index (κ3) is 6.74. The largest absolute Gasteiger partial charge is 0.460 e. The van der Waals surface area contributed by atoms with Gasteiger partial charge in [0.1, 0.15) is 16.8 Å². The molecule has 1 saturated heterocycles. The van der Waals surface area contributed by atoms with Crippen LogP contribution in [0.15, 0.2) is 0 Å². The number of carbonyl (C=O) groups is 2. The summed E-state index contributed by atoms with van der Waals surface area (Å²) in [7, 11) is 0. The van der Waals surface area contributed by atoms with Gasteiger partial charge >= 0.3 is 12.1 Å². The van der Waals surface area contributed by atoms with Crippen LogP contribution in [0.2, 0.25) is 0 Å². The van der Waals surface area contributed by atoms with Gasteiger partial charge < -0.3 is 14.4 Å². The number of rotatable bonds is 3. The third-order valence-corrected chi connectivity index (χ3v) is 3.33. The minimum atomic E-state index is -0.933. The van der Waals surface area contributed by atoms with E-state index in [9.17, 15) is 9.59 Å². The lowest BCUT2D eigenvalue weighted by atomic mass is 9.89. The molecule has 1 heterocycles. The summed E-state index contributed by atoms with van der Waals surface area (Å²) >= 11 is 0. The van der Waals surface area contributed by atoms with Gasteiger partial charge in [0.25, 0.3) is 0 Å². The fourth-order valence-electron chi connectivity index (χ4n) is 2.50. The molecule has 23 heavy (non-hydrogen) atoms. The first-order valence-corrected chi connectivity index (χ1v) is 7.93. The van der Waals surface area contributed by atoms with Crippen molar-refractivity contribution in [1.82, 2.24) is 4.90 Å². The molecule has 7 heteroatoms. The highest BCUT2D eigenvalue weighted by Gasteiger charge is 2.42. The molecule has 1 amide bonds. The molecule has 2 N–H and O–H groups in total. The molecular weight excluding hydrogens is 300 g/mol. The first-order valence-electron chi connectivity index (χ1n) is 7.93. The van der Waals surface area contributed by atoms with Gasteiger partial charge in [-0.05, 0) is 54.4 Å². The van der Waals surface area contributed by atoms with Crippen LogP contribution in [0.4, 0.5) is 4.79 Å². The lowest BCUT2D eigenvalue weighted by Gasteiger charge is -2.41. The lowest BCUT2D eigenvalue weighted by Crippen LogP contribution is -2.55. The maximum Gasteiger partial charge on any atom is 0.410 e. The Kier molecular flexibility index (Phi) is 6.04. The Bertz CT molecular complexity index is 439. The first-order chi connectivity index (χ1) is 10.4. The smallest absolute Gasteiger partial charge is 0.410 e. The van der Waals surface area contributed by atoms with E-state index in [1.54, 1.807) is 20.8 Å². The van der Waals surface area contributed by atoms with Crippen molar-refractivity contribution >= 4 is 12.1 Å². The summed E-state index contributed by atoms with van der Waals surface area (Å²) in [5, 5.41) is 0. The zero-order valence-electron chi connectivity index (χ0n) is 15.1. The number of likely N-dealkylation sites (tertiary alicyclic amines) is 1. The van der Waals surface area contributed by atoms with Crippen molar-refractivity contribution in [3.8, 4) is 0 Å². The number of piperidine rings is 1. The van der Waals surface area contributed by atoms with Crippen molar-refractivity contribution in [2.24, 2.45) is 5.90 Å². The predicted molar refractivity (Wildman–Crippen MR) is 85.5 cm³/mol. The second-order valence-corrected chi connectivity index (χ2v) is 8.07. The molecule has 1 rings (SSSR count). The fraction of sp³-hybridized carbons (Fsp3) is 0.875. The lowest BCUT2D eigenvalue weighted by molar-refractivity contribution is -0.167. The molecular formula is C16H30N2O5. The van der Waals surface area contributed by atoms with Crippen LogP contribution in [0, 0.1) is 0 Å². The molecule has 0 aromatic carbocycles. The number of carbonyl (C=O) groups excluding carboxylic acids is 2. The van der Waals surface area contributed by atoms with Crippen LogP contribution in [0.1, 0.15) is 60.8 Å². The molecule has 0 spiro atoms. The average Bonchev–Trinajstić information content (AvgIpc) is 2.34. The van der Waals surface area contributed by atoms with Gasteiger partial charge in [0.15, 0.2) is 0 Å². The zero-order valence-corrected chi connectivity index (χ0v) is 15.1. The number of nitrogens with zero attached hydrogens (tertiary/aromatic N) is 1. The summed E-state index contributed by atoms with van der Waals surface area (Å²) in [5.41, 5.74) is -2.09. The van der Waals surface area contributed by atoms with Crippen LogP contribution < -0.4 is 5.90 Å². The summed E-state index contributed by atoms with van der Waals surface area (Å²) in [4.78, 5) is 31.0. The van der Waals surface area contributed by atoms with Gasteiger partial charge in [-0.3, -0.25) is 9.63 Å². The Hall–Kier alpha value is -1.34. The van der Waals surface area contributed by atoms with Crippen molar-refractivity contribution in [3.63, 3.8) is 0 Å². The maximum absolute atomic E-state index is 12.2. The Morgan fingerprint density at radius 1 is 1.09 bits per heavy atom. The van der Waals surface area contributed by atoms with Crippen molar-refractivity contribution < 1.29 is 23.9 Å². The Morgan fingerprint density at radius 3 is 2.13 bits per heavy atom. The molecule has 1 atom stereocenters. The number of nitrogens with two attached hydrogens (primary N) is 1. The fourth-order valence-corrected chi connectivity index (χ4v) is 2.50. The number of ether oxygens (including phenoxy) is 2. The number of hydrogen-bond acceptors (Lipinski definition) is 6. The normalized spacial score (nSPS) is 22.7. The van der Waals surface area contributed by atoms with Crippen LogP contribution in [-0.4, -0.2) is 46.9 Å². The number of amides is 1. The number of hydrogen-bond donors (Lipinski definition) is 1. The van der Waals surface area contributed by atoms with E-state index in [0.29, 0.717) is 19.4 Å². The summed E-state index contributed by atoms with van der Waals surface area (Å²) in [5.74, 6) is 5.06. The van der Waals surface area contributed by atoms with Crippen molar-refractivity contribution in [1.29, 1.82) is 0 Å². The Labute approximate surface area is 138 Å². The van der Waals surface area contributed by atoms with Gasteiger partial charge in [0.2, 0.25) is 0 Å². The molecule has 1 aliphatic heterocycles. The van der Waals surface area contributed by atoms with E-state index in [1.807, 2.05) is 20.8 Å². The molecule has 0 bridgehead atoms. The monoisotopic (exact) mass is 330 g/mol. The van der Waals surface area contributed by atoms with E-state index in [-0.39, 0.29) is 13.0 Å². The van der Waals surface area contributed by atoms with Gasteiger partial charge in [0.05, 0.1) is 13.0 Å². The van der Waals surface area contributed by atoms with Gasteiger partial charge in [0, 0.05) is 6.54 Å². The average molecular weight is 330 g/mol. The molecule has 134 valence electrons. The van der Waals surface area contributed by atoms with E-state index in [0.717, 1.165) is 0 Å². The molecule has 0 aromatic heterocycles. The minimum absolute atomic E-state index is 0.0000673. The van der Waals surface area contributed by atoms with Crippen LogP contribution in [-0.2, 0) is 19.1 Å². The molecule has 0 aromatic rings. The molecule has 7 nitrogen and oxygen atoms in total. The van der Waals surface area contributed by atoms with Crippen LogP contribution in [0.3, 0.4) is 0 Å². The van der Waals surface area contributed by atoms with Crippen LogP contribution in [0.25, 0.3) is 0 Å². The maximum atomic E-state index is 12.2. The highest BCUT2D eigenvalue weighted by Crippen LogP contribution is 2.29. The molecule has 0 aliphatic carbocycles. The molecule has 1 aliphatic rings. The minimum Gasteiger partial charge on any atom is -0.460 e. The van der Waals surface area contributed by atoms with Crippen molar-refractivity contribution in [2.45, 2.75) is 77.6 Å². The number of esters is 1. The quantitative estimate of drug-likeness (QED) is 0.631. The van der Waals surface area contributed by atoms with Crippen molar-refractivity contribution in [3.05, 3.63) is 0 Å². The SMILES string of the molecule is CC(C)(C)OC(=O)CC1(ON)CCCN(C(=O)OC(C)(C)C)C1. The standard InChI is InChI=1S/C16H30N2O5/c1-14(2,3)21-12(19)10-16(23-17)8-7-9-18(11-16)13(20)22-15(4,5)6/h7-11,17H2,1-6H3. The van der Waals surface area contributed by atoms with Gasteiger partial charge in [-0.2, -0.15) is 0 Å².